The fourth-order valence-corrected chi connectivity index (χ4v) is 4.74. The number of hydrogen-bond acceptors (Lipinski definition) is 9. The molecule has 6 N–H and O–H groups in total. The summed E-state index contributed by atoms with van der Waals surface area (Å²) in [6.45, 7) is 5.43. The zero-order chi connectivity index (χ0) is 26.9. The molecular weight excluding hydrogens is 520 g/mol. The third-order valence-corrected chi connectivity index (χ3v) is 6.50. The first-order valence-corrected chi connectivity index (χ1v) is 12.8. The topological polar surface area (TPSA) is 174 Å². The van der Waals surface area contributed by atoms with E-state index in [9.17, 15) is 14.7 Å². The van der Waals surface area contributed by atoms with Gasteiger partial charge in [-0.15, -0.1) is 10.2 Å². The number of phenols is 1. The maximum absolute atomic E-state index is 13.1. The molecule has 0 fully saturated rings. The Kier molecular flexibility index (Phi) is 7.79. The SMILES string of the molecule is CC(C)(C)OC(=O)[C@H](Cc1c[nH]c2ccccc12)Nc1nnc(NC(=O)c2ccc3cccnc3c2O)s1.O. The molecule has 0 radical (unpaired) electrons. The van der Waals surface area contributed by atoms with Crippen molar-refractivity contribution in [3.63, 3.8) is 0 Å². The molecule has 0 spiro atoms. The highest BCUT2D eigenvalue weighted by Gasteiger charge is 2.28. The molecule has 0 bridgehead atoms. The first kappa shape index (κ1) is 27.5. The summed E-state index contributed by atoms with van der Waals surface area (Å²) in [7, 11) is 0. The number of esters is 1. The summed E-state index contributed by atoms with van der Waals surface area (Å²) < 4.78 is 5.65. The van der Waals surface area contributed by atoms with Crippen molar-refractivity contribution in [2.45, 2.75) is 38.8 Å². The number of para-hydroxylation sites is 1. The van der Waals surface area contributed by atoms with Crippen LogP contribution in [0.15, 0.2) is 60.9 Å². The second-order valence-corrected chi connectivity index (χ2v) is 10.7. The first-order valence-electron chi connectivity index (χ1n) is 11.9. The lowest BCUT2D eigenvalue weighted by Crippen LogP contribution is -2.38. The molecule has 11 nitrogen and oxygen atoms in total. The standard InChI is InChI=1S/C27H26N6O4S.H2O/c1-27(2,3)37-24(36)20(13-16-14-29-19-9-5-4-8-17(16)19)30-25-32-33-26(38-25)31-23(35)18-11-10-15-7-6-12-28-21(15)22(18)34;/h4-12,14,20,29,34H,13H2,1-3H3,(H,30,32)(H,31,33,35);1H2/t20-;/m0./s1. The van der Waals surface area contributed by atoms with E-state index in [0.29, 0.717) is 22.5 Å². The van der Waals surface area contributed by atoms with Crippen molar-refractivity contribution < 1.29 is 24.9 Å². The van der Waals surface area contributed by atoms with E-state index in [1.54, 1.807) is 24.4 Å². The van der Waals surface area contributed by atoms with Gasteiger partial charge in [-0.1, -0.05) is 41.7 Å². The minimum Gasteiger partial charge on any atom is -0.505 e. The molecule has 3 aromatic heterocycles. The highest BCUT2D eigenvalue weighted by Crippen LogP contribution is 2.29. The van der Waals surface area contributed by atoms with Crippen LogP contribution in [-0.2, 0) is 16.0 Å². The quantitative estimate of drug-likeness (QED) is 0.220. The third-order valence-electron chi connectivity index (χ3n) is 5.73. The van der Waals surface area contributed by atoms with Crippen LogP contribution in [0.25, 0.3) is 21.8 Å². The molecule has 1 atom stereocenters. The molecule has 0 aliphatic carbocycles. The molecule has 12 heteroatoms. The van der Waals surface area contributed by atoms with Crippen molar-refractivity contribution in [1.82, 2.24) is 20.2 Å². The lowest BCUT2D eigenvalue weighted by atomic mass is 10.0. The lowest BCUT2D eigenvalue weighted by molar-refractivity contribution is -0.155. The predicted molar refractivity (Wildman–Crippen MR) is 150 cm³/mol. The molecule has 3 heterocycles. The van der Waals surface area contributed by atoms with E-state index in [1.165, 1.54) is 6.07 Å². The van der Waals surface area contributed by atoms with Gasteiger partial charge < -0.3 is 25.6 Å². The summed E-state index contributed by atoms with van der Waals surface area (Å²) in [5, 5.41) is 26.7. The zero-order valence-corrected chi connectivity index (χ0v) is 22.3. The second kappa shape index (κ2) is 11.1. The third kappa shape index (κ3) is 6.13. The second-order valence-electron chi connectivity index (χ2n) is 9.70. The Labute approximate surface area is 227 Å². The number of ether oxygens (including phenoxy) is 1. The van der Waals surface area contributed by atoms with Crippen molar-refractivity contribution in [3.8, 4) is 5.75 Å². The zero-order valence-electron chi connectivity index (χ0n) is 21.5. The van der Waals surface area contributed by atoms with Crippen LogP contribution in [0.2, 0.25) is 0 Å². The highest BCUT2D eigenvalue weighted by molar-refractivity contribution is 7.19. The summed E-state index contributed by atoms with van der Waals surface area (Å²) in [5.41, 5.74) is 1.64. The Morgan fingerprint density at radius 2 is 1.85 bits per heavy atom. The normalized spacial score (nSPS) is 12.1. The summed E-state index contributed by atoms with van der Waals surface area (Å²) in [4.78, 5) is 33.3. The van der Waals surface area contributed by atoms with Gasteiger partial charge in [-0.2, -0.15) is 0 Å². The van der Waals surface area contributed by atoms with E-state index in [4.69, 9.17) is 4.74 Å². The summed E-state index contributed by atoms with van der Waals surface area (Å²) in [6, 6.07) is 13.9. The Morgan fingerprint density at radius 1 is 1.08 bits per heavy atom. The number of aromatic nitrogens is 4. The van der Waals surface area contributed by atoms with Gasteiger partial charge in [0, 0.05) is 35.1 Å². The molecule has 5 aromatic rings. The number of pyridine rings is 1. The summed E-state index contributed by atoms with van der Waals surface area (Å²) in [6.07, 6.45) is 3.77. The van der Waals surface area contributed by atoms with E-state index in [0.717, 1.165) is 27.8 Å². The van der Waals surface area contributed by atoms with Crippen LogP contribution < -0.4 is 10.6 Å². The van der Waals surface area contributed by atoms with Crippen LogP contribution in [-0.4, -0.2) is 54.3 Å². The van der Waals surface area contributed by atoms with E-state index in [-0.39, 0.29) is 21.9 Å². The molecule has 0 aliphatic heterocycles. The molecule has 0 saturated carbocycles. The van der Waals surface area contributed by atoms with Crippen LogP contribution in [0, 0.1) is 0 Å². The number of aromatic hydroxyl groups is 1. The molecule has 202 valence electrons. The number of benzene rings is 2. The summed E-state index contributed by atoms with van der Waals surface area (Å²) in [5.74, 6) is -1.20. The van der Waals surface area contributed by atoms with Gasteiger partial charge in [-0.05, 0) is 44.5 Å². The van der Waals surface area contributed by atoms with Crippen LogP contribution in [0.1, 0.15) is 36.7 Å². The number of rotatable bonds is 7. The van der Waals surface area contributed by atoms with Gasteiger partial charge in [0.25, 0.3) is 5.91 Å². The number of carbonyl (C=O) groups excluding carboxylic acids is 2. The van der Waals surface area contributed by atoms with E-state index >= 15 is 0 Å². The summed E-state index contributed by atoms with van der Waals surface area (Å²) >= 11 is 1.07. The maximum Gasteiger partial charge on any atom is 0.329 e. The van der Waals surface area contributed by atoms with Gasteiger partial charge in [-0.3, -0.25) is 15.1 Å². The number of hydrogen-bond donors (Lipinski definition) is 4. The van der Waals surface area contributed by atoms with Gasteiger partial charge in [0.05, 0.1) is 5.56 Å². The average molecular weight is 549 g/mol. The smallest absolute Gasteiger partial charge is 0.329 e. The number of fused-ring (bicyclic) bond motifs is 2. The van der Waals surface area contributed by atoms with Gasteiger partial charge in [-0.25, -0.2) is 4.79 Å². The van der Waals surface area contributed by atoms with Crippen molar-refractivity contribution in [1.29, 1.82) is 0 Å². The fourth-order valence-electron chi connectivity index (χ4n) is 4.05. The minimum atomic E-state index is -0.750. The van der Waals surface area contributed by atoms with Gasteiger partial charge in [0.15, 0.2) is 5.75 Å². The number of H-pyrrole nitrogens is 1. The van der Waals surface area contributed by atoms with Gasteiger partial charge >= 0.3 is 5.97 Å². The van der Waals surface area contributed by atoms with Crippen LogP contribution in [0.4, 0.5) is 10.3 Å². The van der Waals surface area contributed by atoms with E-state index in [2.05, 4.69) is 30.8 Å². The van der Waals surface area contributed by atoms with Crippen molar-refractivity contribution in [2.24, 2.45) is 0 Å². The number of anilines is 2. The van der Waals surface area contributed by atoms with E-state index in [1.807, 2.05) is 51.2 Å². The number of aromatic amines is 1. The van der Waals surface area contributed by atoms with Crippen LogP contribution in [0.5, 0.6) is 5.75 Å². The fraction of sp³-hybridized carbons (Fsp3) is 0.222. The number of amides is 1. The van der Waals surface area contributed by atoms with Crippen LogP contribution in [0.3, 0.4) is 0 Å². The Morgan fingerprint density at radius 3 is 2.64 bits per heavy atom. The monoisotopic (exact) mass is 548 g/mol. The van der Waals surface area contributed by atoms with Gasteiger partial charge in [0.2, 0.25) is 10.3 Å². The molecular formula is C27H28N6O5S. The van der Waals surface area contributed by atoms with Crippen molar-refractivity contribution in [2.75, 3.05) is 10.6 Å². The first-order chi connectivity index (χ1) is 18.2. The predicted octanol–water partition coefficient (Wildman–Crippen LogP) is 4.07. The number of phenolic OH excluding ortho intramolecular Hbond substituents is 1. The highest BCUT2D eigenvalue weighted by atomic mass is 32.1. The largest absolute Gasteiger partial charge is 0.505 e. The molecule has 0 saturated heterocycles. The lowest BCUT2D eigenvalue weighted by Gasteiger charge is -2.24. The number of carbonyl (C=O) groups is 2. The molecule has 1 amide bonds. The molecule has 0 unspecified atom stereocenters. The number of nitrogens with zero attached hydrogens (tertiary/aromatic N) is 3. The molecule has 5 rings (SSSR count). The van der Waals surface area contributed by atoms with E-state index < -0.39 is 23.5 Å². The van der Waals surface area contributed by atoms with Crippen molar-refractivity contribution >= 4 is 55.3 Å². The Balaban J connectivity index is 0.00000353. The molecule has 39 heavy (non-hydrogen) atoms. The Bertz CT molecular complexity index is 1640. The molecule has 2 aromatic carbocycles. The van der Waals surface area contributed by atoms with Gasteiger partial charge in [0.1, 0.15) is 17.2 Å². The van der Waals surface area contributed by atoms with Crippen LogP contribution >= 0.6 is 11.3 Å². The van der Waals surface area contributed by atoms with Crippen molar-refractivity contribution in [3.05, 3.63) is 72.1 Å². The Hall–Kier alpha value is -4.55. The minimum absolute atomic E-state index is 0. The molecule has 0 aliphatic rings. The number of nitrogens with one attached hydrogen (secondary N) is 3. The average Bonchev–Trinajstić information content (AvgIpc) is 3.49. The maximum atomic E-state index is 13.1.